The molecule has 29 heavy (non-hydrogen) atoms. The van der Waals surface area contributed by atoms with Gasteiger partial charge in [0.2, 0.25) is 0 Å². The van der Waals surface area contributed by atoms with Crippen LogP contribution in [0.1, 0.15) is 0 Å². The van der Waals surface area contributed by atoms with Crippen molar-refractivity contribution < 1.29 is 9.66 Å². The highest BCUT2D eigenvalue weighted by molar-refractivity contribution is 7.72. The number of nitrogens with one attached hydrogen (secondary N) is 2. The van der Waals surface area contributed by atoms with Crippen molar-refractivity contribution in [3.05, 3.63) is 74.1 Å². The molecule has 4 rings (SSSR count). The summed E-state index contributed by atoms with van der Waals surface area (Å²) < 4.78 is 6.10. The monoisotopic (exact) mass is 422 g/mol. The number of hydrogen-bond acceptors (Lipinski definition) is 6. The third-order valence-electron chi connectivity index (χ3n) is 4.48. The number of nitrogens with zero attached hydrogens (tertiary/aromatic N) is 2. The van der Waals surface area contributed by atoms with E-state index in [0.29, 0.717) is 20.8 Å². The molecule has 144 valence electrons. The Kier molecular flexibility index (Phi) is 4.91. The van der Waals surface area contributed by atoms with Gasteiger partial charge in [-0.15, -0.1) is 0 Å². The molecule has 7 nitrogen and oxygen atoms in total. The minimum atomic E-state index is -0.434. The first kappa shape index (κ1) is 18.9. The lowest BCUT2D eigenvalue weighted by molar-refractivity contribution is -0.384. The van der Waals surface area contributed by atoms with Gasteiger partial charge in [-0.2, -0.15) is 0 Å². The summed E-state index contributed by atoms with van der Waals surface area (Å²) in [5, 5.41) is 11.7. The maximum atomic E-state index is 10.9. The number of pyridine rings is 1. The van der Waals surface area contributed by atoms with E-state index in [4.69, 9.17) is 29.2 Å². The molecule has 0 aliphatic heterocycles. The highest BCUT2D eigenvalue weighted by Crippen LogP contribution is 2.33. The van der Waals surface area contributed by atoms with Gasteiger partial charge in [-0.3, -0.25) is 10.1 Å². The minimum absolute atomic E-state index is 0.0202. The summed E-state index contributed by atoms with van der Waals surface area (Å²) in [6, 6.07) is 15.8. The van der Waals surface area contributed by atoms with Gasteiger partial charge >= 0.3 is 0 Å². The Hall–Kier alpha value is -3.43. The number of H-pyrrole nitrogens is 2. The molecule has 2 N–H and O–H groups in total. The maximum absolute atomic E-state index is 10.9. The van der Waals surface area contributed by atoms with Crippen LogP contribution in [0.25, 0.3) is 33.4 Å². The van der Waals surface area contributed by atoms with E-state index < -0.39 is 4.92 Å². The fourth-order valence-electron chi connectivity index (χ4n) is 3.07. The number of aromatic nitrogens is 3. The van der Waals surface area contributed by atoms with Gasteiger partial charge in [-0.25, -0.2) is 4.98 Å². The van der Waals surface area contributed by atoms with Crippen molar-refractivity contribution in [2.75, 3.05) is 7.11 Å². The van der Waals surface area contributed by atoms with Crippen molar-refractivity contribution in [2.45, 2.75) is 0 Å². The molecule has 0 saturated carbocycles. The summed E-state index contributed by atoms with van der Waals surface area (Å²) in [5.74, 6) is 0.743. The number of benzene rings is 2. The zero-order chi connectivity index (χ0) is 20.5. The number of hydrogen-bond donors (Lipinski definition) is 2. The number of aromatic amines is 2. The fourth-order valence-corrected chi connectivity index (χ4v) is 3.64. The van der Waals surface area contributed by atoms with Crippen molar-refractivity contribution in [3.63, 3.8) is 0 Å². The SMILES string of the molecule is COc1ccc(-c2cc(-c3ccc([N+](=O)[O-])cc3)nc3[nH]c(=S)[nH]c(=S)c23)cc1. The standard InChI is InChI=1S/C20H14N4O3S2/c1-27-14-8-4-11(5-9-14)15-10-16(12-2-6-13(7-3-12)24(25)26)21-18-17(15)19(28)23-20(29)22-18/h2-10H,1H3,(H2,21,22,23,28,29). The van der Waals surface area contributed by atoms with E-state index in [1.54, 1.807) is 19.2 Å². The third-order valence-corrected chi connectivity index (χ3v) is 4.99. The molecule has 2 heterocycles. The molecule has 2 aromatic heterocycles. The largest absolute Gasteiger partial charge is 0.497 e. The van der Waals surface area contributed by atoms with E-state index in [9.17, 15) is 10.1 Å². The number of non-ortho nitro benzene ring substituents is 1. The zero-order valence-electron chi connectivity index (χ0n) is 15.1. The van der Waals surface area contributed by atoms with Crippen LogP contribution in [0.2, 0.25) is 0 Å². The van der Waals surface area contributed by atoms with Gasteiger partial charge in [0.25, 0.3) is 5.69 Å². The summed E-state index contributed by atoms with van der Waals surface area (Å²) in [7, 11) is 1.61. The van der Waals surface area contributed by atoms with Crippen molar-refractivity contribution in [1.82, 2.24) is 15.0 Å². The van der Waals surface area contributed by atoms with E-state index in [0.717, 1.165) is 27.8 Å². The summed E-state index contributed by atoms with van der Waals surface area (Å²) in [6.45, 7) is 0. The Morgan fingerprint density at radius 2 is 1.66 bits per heavy atom. The molecule has 0 atom stereocenters. The average Bonchev–Trinajstić information content (AvgIpc) is 2.72. The number of fused-ring (bicyclic) bond motifs is 1. The van der Waals surface area contributed by atoms with E-state index in [2.05, 4.69) is 15.0 Å². The number of nitro benzene ring substituents is 1. The number of nitro groups is 1. The van der Waals surface area contributed by atoms with Gasteiger partial charge in [0, 0.05) is 17.7 Å². The highest BCUT2D eigenvalue weighted by atomic mass is 32.1. The lowest BCUT2D eigenvalue weighted by Crippen LogP contribution is -1.96. The van der Waals surface area contributed by atoms with Gasteiger partial charge < -0.3 is 14.7 Å². The molecular weight excluding hydrogens is 408 g/mol. The second kappa shape index (κ2) is 7.53. The van der Waals surface area contributed by atoms with Crippen LogP contribution < -0.4 is 4.74 Å². The molecule has 0 fully saturated rings. The molecule has 9 heteroatoms. The quantitative estimate of drug-likeness (QED) is 0.252. The number of rotatable bonds is 4. The molecule has 0 bridgehead atoms. The Bertz CT molecular complexity index is 1340. The Labute approximate surface area is 175 Å². The molecule has 0 spiro atoms. The molecule has 0 amide bonds. The summed E-state index contributed by atoms with van der Waals surface area (Å²) in [6.07, 6.45) is 0. The molecule has 0 radical (unpaired) electrons. The second-order valence-corrected chi connectivity index (χ2v) is 7.04. The third kappa shape index (κ3) is 3.65. The van der Waals surface area contributed by atoms with Gasteiger partial charge in [0.1, 0.15) is 16.0 Å². The molecule has 0 aliphatic carbocycles. The minimum Gasteiger partial charge on any atom is -0.497 e. The van der Waals surface area contributed by atoms with Crippen molar-refractivity contribution in [2.24, 2.45) is 0 Å². The fraction of sp³-hybridized carbons (Fsp3) is 0.0500. The lowest BCUT2D eigenvalue weighted by atomic mass is 10.00. The number of methoxy groups -OCH3 is 1. The van der Waals surface area contributed by atoms with Crippen LogP contribution in [0, 0.1) is 19.5 Å². The van der Waals surface area contributed by atoms with Crippen LogP contribution in [-0.4, -0.2) is 27.0 Å². The lowest BCUT2D eigenvalue weighted by Gasteiger charge is -2.11. The topological polar surface area (TPSA) is 96.8 Å². The van der Waals surface area contributed by atoms with Crippen LogP contribution in [0.15, 0.2) is 54.6 Å². The smallest absolute Gasteiger partial charge is 0.269 e. The van der Waals surface area contributed by atoms with E-state index in [1.807, 2.05) is 30.3 Å². The van der Waals surface area contributed by atoms with Crippen molar-refractivity contribution in [3.8, 4) is 28.1 Å². The highest BCUT2D eigenvalue weighted by Gasteiger charge is 2.13. The van der Waals surface area contributed by atoms with Crippen molar-refractivity contribution in [1.29, 1.82) is 0 Å². The summed E-state index contributed by atoms with van der Waals surface area (Å²) in [5.41, 5.74) is 3.73. The van der Waals surface area contributed by atoms with Crippen LogP contribution in [0.5, 0.6) is 5.75 Å². The van der Waals surface area contributed by atoms with E-state index >= 15 is 0 Å². The average molecular weight is 422 g/mol. The predicted octanol–water partition coefficient (Wildman–Crippen LogP) is 5.60. The first-order valence-electron chi connectivity index (χ1n) is 8.53. The van der Waals surface area contributed by atoms with Crippen LogP contribution in [-0.2, 0) is 0 Å². The molecule has 4 aromatic rings. The van der Waals surface area contributed by atoms with Crippen molar-refractivity contribution >= 4 is 41.2 Å². The Balaban J connectivity index is 1.98. The first-order valence-corrected chi connectivity index (χ1v) is 9.34. The molecule has 2 aromatic carbocycles. The Morgan fingerprint density at radius 3 is 2.28 bits per heavy atom. The van der Waals surface area contributed by atoms with E-state index in [1.165, 1.54) is 12.1 Å². The first-order chi connectivity index (χ1) is 14.0. The molecular formula is C20H14N4O3S2. The van der Waals surface area contributed by atoms with Crippen LogP contribution in [0.3, 0.4) is 0 Å². The zero-order valence-corrected chi connectivity index (χ0v) is 16.8. The maximum Gasteiger partial charge on any atom is 0.269 e. The van der Waals surface area contributed by atoms with Gasteiger partial charge in [-0.1, -0.05) is 24.4 Å². The summed E-state index contributed by atoms with van der Waals surface area (Å²) in [4.78, 5) is 21.2. The van der Waals surface area contributed by atoms with Gasteiger partial charge in [0.05, 0.1) is 23.1 Å². The molecule has 0 unspecified atom stereocenters. The van der Waals surface area contributed by atoms with Gasteiger partial charge in [-0.05, 0) is 53.7 Å². The summed E-state index contributed by atoms with van der Waals surface area (Å²) >= 11 is 10.7. The Morgan fingerprint density at radius 1 is 1.00 bits per heavy atom. The molecule has 0 aliphatic rings. The normalized spacial score (nSPS) is 10.8. The number of ether oxygens (including phenoxy) is 1. The van der Waals surface area contributed by atoms with Gasteiger partial charge in [0.15, 0.2) is 4.77 Å². The van der Waals surface area contributed by atoms with Crippen LogP contribution >= 0.6 is 24.4 Å². The predicted molar refractivity (Wildman–Crippen MR) is 116 cm³/mol. The second-order valence-electron chi connectivity index (χ2n) is 6.22. The van der Waals surface area contributed by atoms with Crippen LogP contribution in [0.4, 0.5) is 5.69 Å². The van der Waals surface area contributed by atoms with E-state index in [-0.39, 0.29) is 5.69 Å². The molecule has 0 saturated heterocycles.